The number of fused-ring (bicyclic) bond motifs is 1. The summed E-state index contributed by atoms with van der Waals surface area (Å²) in [5, 5.41) is 5.46. The normalized spacial score (nSPS) is 26.7. The zero-order valence-corrected chi connectivity index (χ0v) is 22.2. The third-order valence-corrected chi connectivity index (χ3v) is 7.45. The summed E-state index contributed by atoms with van der Waals surface area (Å²) in [6.45, 7) is 15.2. The first kappa shape index (κ1) is 26.9. The Bertz CT molecular complexity index is 940. The maximum atomic E-state index is 13.8. The third-order valence-electron chi connectivity index (χ3n) is 7.45. The van der Waals surface area contributed by atoms with E-state index in [-0.39, 0.29) is 23.2 Å². The van der Waals surface area contributed by atoms with Crippen molar-refractivity contribution < 1.29 is 33.4 Å². The summed E-state index contributed by atoms with van der Waals surface area (Å²) in [5.74, 6) is -2.59. The molecule has 10 nitrogen and oxygen atoms in total. The average Bonchev–Trinajstić information content (AvgIpc) is 3.52. The van der Waals surface area contributed by atoms with Crippen LogP contribution >= 0.6 is 0 Å². The van der Waals surface area contributed by atoms with Gasteiger partial charge in [0.1, 0.15) is 23.2 Å². The molecular weight excluding hydrogens is 454 g/mol. The monoisotopic (exact) mass is 493 g/mol. The number of Topliss-reactive ketones (excluding diaryl/α,β-unsaturated/α-hetero) is 1. The van der Waals surface area contributed by atoms with Crippen LogP contribution in [0.5, 0.6) is 0 Å². The van der Waals surface area contributed by atoms with Crippen molar-refractivity contribution in [2.45, 2.75) is 91.5 Å². The van der Waals surface area contributed by atoms with Gasteiger partial charge < -0.3 is 25.0 Å². The van der Waals surface area contributed by atoms with Gasteiger partial charge in [0.15, 0.2) is 0 Å². The maximum Gasteiger partial charge on any atom is 0.408 e. The SMILES string of the molecule is COC(=O)C(=O)C1(NC(=O)[C@@H]2[C@@H]3[C@H](CN2C(=O)[C@@H](NC(=O)OC(C)(C)C)C(C)(C)C)C3(C)C)CC1. The van der Waals surface area contributed by atoms with E-state index in [0.29, 0.717) is 19.4 Å². The second-order valence-electron chi connectivity index (χ2n) is 12.7. The second-order valence-corrected chi connectivity index (χ2v) is 12.7. The van der Waals surface area contributed by atoms with Crippen LogP contribution in [0.25, 0.3) is 0 Å². The third kappa shape index (κ3) is 5.16. The summed E-state index contributed by atoms with van der Waals surface area (Å²) in [4.78, 5) is 65.6. The van der Waals surface area contributed by atoms with E-state index in [1.54, 1.807) is 20.8 Å². The molecule has 1 heterocycles. The van der Waals surface area contributed by atoms with Crippen molar-refractivity contribution in [3.8, 4) is 0 Å². The van der Waals surface area contributed by atoms with E-state index in [1.807, 2.05) is 20.8 Å². The van der Waals surface area contributed by atoms with Gasteiger partial charge in [-0.3, -0.25) is 14.4 Å². The number of hydrogen-bond acceptors (Lipinski definition) is 7. The average molecular weight is 494 g/mol. The molecule has 3 amide bonds. The van der Waals surface area contributed by atoms with Gasteiger partial charge in [-0.1, -0.05) is 34.6 Å². The van der Waals surface area contributed by atoms with Gasteiger partial charge in [0.2, 0.25) is 11.8 Å². The highest BCUT2D eigenvalue weighted by atomic mass is 16.6. The minimum absolute atomic E-state index is 0.0855. The fraction of sp³-hybridized carbons (Fsp3) is 0.800. The number of alkyl carbamates (subject to hydrolysis) is 1. The number of carbonyl (C=O) groups is 5. The molecule has 0 aromatic heterocycles. The number of rotatable bonds is 6. The second kappa shape index (κ2) is 8.48. The molecule has 0 aromatic carbocycles. The smallest absolute Gasteiger partial charge is 0.408 e. The van der Waals surface area contributed by atoms with Gasteiger partial charge in [-0.25, -0.2) is 9.59 Å². The molecule has 2 saturated carbocycles. The minimum Gasteiger partial charge on any atom is -0.463 e. The van der Waals surface area contributed by atoms with Crippen LogP contribution in [-0.4, -0.2) is 71.4 Å². The Labute approximate surface area is 206 Å². The van der Waals surface area contributed by atoms with Crippen molar-refractivity contribution >= 4 is 29.7 Å². The number of carbonyl (C=O) groups excluding carboxylic acids is 5. The molecule has 1 aliphatic heterocycles. The molecule has 0 radical (unpaired) electrons. The molecule has 3 aliphatic rings. The lowest BCUT2D eigenvalue weighted by Crippen LogP contribution is -2.61. The van der Waals surface area contributed by atoms with Crippen LogP contribution in [0, 0.1) is 22.7 Å². The van der Waals surface area contributed by atoms with Crippen molar-refractivity contribution in [3.05, 3.63) is 0 Å². The Morgan fingerprint density at radius 2 is 1.57 bits per heavy atom. The van der Waals surface area contributed by atoms with E-state index in [9.17, 15) is 24.0 Å². The molecule has 4 atom stereocenters. The molecule has 0 aromatic rings. The standard InChI is InChI=1S/C25H39N3O7/c1-22(2,3)16(26-21(33)35-23(4,5)6)19(31)28-12-13-14(24(13,7)8)15(28)18(30)27-25(10-11-25)17(29)20(32)34-9/h13-16H,10-12H2,1-9H3,(H,26,33)(H,27,30)/t13-,14-,15-,16+/m0/s1. The Balaban J connectivity index is 1.83. The number of nitrogens with one attached hydrogen (secondary N) is 2. The number of likely N-dealkylation sites (tertiary alicyclic amines) is 1. The van der Waals surface area contributed by atoms with Crippen LogP contribution in [0.15, 0.2) is 0 Å². The van der Waals surface area contributed by atoms with Gasteiger partial charge in [-0.2, -0.15) is 0 Å². The molecule has 3 rings (SSSR count). The lowest BCUT2D eigenvalue weighted by atomic mass is 9.85. The Kier molecular flexibility index (Phi) is 6.53. The number of amides is 3. The molecule has 2 N–H and O–H groups in total. The van der Waals surface area contributed by atoms with Gasteiger partial charge in [0, 0.05) is 6.54 Å². The molecule has 3 fully saturated rings. The number of nitrogens with zero attached hydrogens (tertiary/aromatic N) is 1. The van der Waals surface area contributed by atoms with Crippen LogP contribution in [0.1, 0.15) is 68.2 Å². The summed E-state index contributed by atoms with van der Waals surface area (Å²) in [6, 6.07) is -1.74. The molecule has 1 saturated heterocycles. The fourth-order valence-electron chi connectivity index (χ4n) is 5.18. The summed E-state index contributed by atoms with van der Waals surface area (Å²) in [5.41, 5.74) is -2.80. The van der Waals surface area contributed by atoms with Crippen LogP contribution < -0.4 is 10.6 Å². The molecule has 0 bridgehead atoms. The first-order valence-electron chi connectivity index (χ1n) is 12.1. The van der Waals surface area contributed by atoms with Crippen molar-refractivity contribution in [2.75, 3.05) is 13.7 Å². The Hall–Kier alpha value is -2.65. The molecular formula is C25H39N3O7. The van der Waals surface area contributed by atoms with E-state index in [0.717, 1.165) is 7.11 Å². The highest BCUT2D eigenvalue weighted by Gasteiger charge is 2.70. The minimum atomic E-state index is -1.27. The van der Waals surface area contributed by atoms with Crippen LogP contribution in [0.3, 0.4) is 0 Å². The molecule has 2 aliphatic carbocycles. The number of piperidine rings is 1. The summed E-state index contributed by atoms with van der Waals surface area (Å²) < 4.78 is 9.92. The molecule has 0 unspecified atom stereocenters. The highest BCUT2D eigenvalue weighted by molar-refractivity contribution is 6.38. The fourth-order valence-corrected chi connectivity index (χ4v) is 5.18. The Morgan fingerprint density at radius 3 is 2.03 bits per heavy atom. The predicted octanol–water partition coefficient (Wildman–Crippen LogP) is 1.80. The maximum absolute atomic E-state index is 13.8. The van der Waals surface area contributed by atoms with E-state index in [1.165, 1.54) is 4.90 Å². The van der Waals surface area contributed by atoms with E-state index in [4.69, 9.17) is 4.74 Å². The summed E-state index contributed by atoms with van der Waals surface area (Å²) in [6.07, 6.45) is -0.0252. The molecule has 10 heteroatoms. The topological polar surface area (TPSA) is 131 Å². The number of methoxy groups -OCH3 is 1. The van der Waals surface area contributed by atoms with E-state index >= 15 is 0 Å². The largest absolute Gasteiger partial charge is 0.463 e. The number of esters is 1. The number of ketones is 1. The Morgan fingerprint density at radius 1 is 1.00 bits per heavy atom. The van der Waals surface area contributed by atoms with Crippen molar-refractivity contribution in [1.29, 1.82) is 0 Å². The zero-order chi connectivity index (χ0) is 26.7. The summed E-state index contributed by atoms with van der Waals surface area (Å²) in [7, 11) is 1.12. The van der Waals surface area contributed by atoms with E-state index < -0.39 is 52.4 Å². The molecule has 35 heavy (non-hydrogen) atoms. The van der Waals surface area contributed by atoms with Gasteiger partial charge in [0.05, 0.1) is 7.11 Å². The first-order valence-corrected chi connectivity index (χ1v) is 12.1. The lowest BCUT2D eigenvalue weighted by molar-refractivity contribution is -0.154. The van der Waals surface area contributed by atoms with Gasteiger partial charge in [0.25, 0.3) is 5.78 Å². The predicted molar refractivity (Wildman–Crippen MR) is 126 cm³/mol. The summed E-state index contributed by atoms with van der Waals surface area (Å²) >= 11 is 0. The highest BCUT2D eigenvalue weighted by Crippen LogP contribution is 2.65. The van der Waals surface area contributed by atoms with Crippen LogP contribution in [-0.2, 0) is 28.7 Å². The van der Waals surface area contributed by atoms with Gasteiger partial charge in [-0.05, 0) is 56.3 Å². The zero-order valence-electron chi connectivity index (χ0n) is 22.2. The van der Waals surface area contributed by atoms with Gasteiger partial charge >= 0.3 is 12.1 Å². The quantitative estimate of drug-likeness (QED) is 0.426. The number of ether oxygens (including phenoxy) is 2. The van der Waals surface area contributed by atoms with Gasteiger partial charge in [-0.15, -0.1) is 0 Å². The van der Waals surface area contributed by atoms with Crippen LogP contribution in [0.2, 0.25) is 0 Å². The molecule has 196 valence electrons. The lowest BCUT2D eigenvalue weighted by Gasteiger charge is -2.38. The van der Waals surface area contributed by atoms with Crippen molar-refractivity contribution in [2.24, 2.45) is 22.7 Å². The van der Waals surface area contributed by atoms with Crippen LogP contribution in [0.4, 0.5) is 4.79 Å². The van der Waals surface area contributed by atoms with Crippen molar-refractivity contribution in [1.82, 2.24) is 15.5 Å². The molecule has 0 spiro atoms. The number of hydrogen-bond donors (Lipinski definition) is 2. The first-order chi connectivity index (χ1) is 15.9. The van der Waals surface area contributed by atoms with E-state index in [2.05, 4.69) is 29.2 Å². The van der Waals surface area contributed by atoms with Crippen molar-refractivity contribution in [3.63, 3.8) is 0 Å².